The Labute approximate surface area is 116 Å². The van der Waals surface area contributed by atoms with Crippen LogP contribution in [0.3, 0.4) is 0 Å². The van der Waals surface area contributed by atoms with Gasteiger partial charge in [0, 0.05) is 36.2 Å². The lowest BCUT2D eigenvalue weighted by atomic mass is 10.1. The maximum Gasteiger partial charge on any atom is 0.253 e. The maximum absolute atomic E-state index is 11.9. The van der Waals surface area contributed by atoms with Gasteiger partial charge in [-0.3, -0.25) is 9.48 Å². The predicted octanol–water partition coefficient (Wildman–Crippen LogP) is 1.94. The van der Waals surface area contributed by atoms with Crippen LogP contribution in [0, 0.1) is 0 Å². The summed E-state index contributed by atoms with van der Waals surface area (Å²) in [6, 6.07) is 6.72. The van der Waals surface area contributed by atoms with Gasteiger partial charge in [0.15, 0.2) is 0 Å². The monoisotopic (exact) mass is 278 g/mol. The molecule has 0 bridgehead atoms. The van der Waals surface area contributed by atoms with Crippen LogP contribution in [0.25, 0.3) is 0 Å². The van der Waals surface area contributed by atoms with Gasteiger partial charge in [0.25, 0.3) is 5.91 Å². The summed E-state index contributed by atoms with van der Waals surface area (Å²) in [5.74, 6) is -0.208. The van der Waals surface area contributed by atoms with E-state index in [4.69, 9.17) is 17.3 Å². The Morgan fingerprint density at radius 2 is 2.32 bits per heavy atom. The number of nitrogen functional groups attached to an aromatic ring is 1. The SMILES string of the molecule is Nc1ccc(Cl)cc1C(=O)NCCCn1cccn1. The summed E-state index contributed by atoms with van der Waals surface area (Å²) >= 11 is 5.84. The largest absolute Gasteiger partial charge is 0.398 e. The number of benzene rings is 1. The van der Waals surface area contributed by atoms with Crippen LogP contribution in [0.15, 0.2) is 36.7 Å². The molecule has 3 N–H and O–H groups in total. The van der Waals surface area contributed by atoms with E-state index in [0.29, 0.717) is 22.8 Å². The van der Waals surface area contributed by atoms with Crippen LogP contribution >= 0.6 is 11.6 Å². The fraction of sp³-hybridized carbons (Fsp3) is 0.231. The van der Waals surface area contributed by atoms with Gasteiger partial charge in [0.2, 0.25) is 0 Å². The van der Waals surface area contributed by atoms with E-state index in [1.165, 1.54) is 0 Å². The summed E-state index contributed by atoms with van der Waals surface area (Å²) in [7, 11) is 0. The molecule has 19 heavy (non-hydrogen) atoms. The first-order valence-corrected chi connectivity index (χ1v) is 6.35. The van der Waals surface area contributed by atoms with Gasteiger partial charge in [-0.2, -0.15) is 5.10 Å². The summed E-state index contributed by atoms with van der Waals surface area (Å²) in [5, 5.41) is 7.39. The van der Waals surface area contributed by atoms with Crippen molar-refractivity contribution in [1.29, 1.82) is 0 Å². The van der Waals surface area contributed by atoms with Gasteiger partial charge in [-0.05, 0) is 30.7 Å². The Bertz CT molecular complexity index is 554. The summed E-state index contributed by atoms with van der Waals surface area (Å²) in [5.41, 5.74) is 6.57. The number of carbonyl (C=O) groups excluding carboxylic acids is 1. The first-order chi connectivity index (χ1) is 9.16. The third kappa shape index (κ3) is 3.72. The van der Waals surface area contributed by atoms with Gasteiger partial charge in [-0.15, -0.1) is 0 Å². The second-order valence-electron chi connectivity index (χ2n) is 4.11. The van der Waals surface area contributed by atoms with Crippen molar-refractivity contribution in [2.24, 2.45) is 0 Å². The number of aryl methyl sites for hydroxylation is 1. The van der Waals surface area contributed by atoms with Gasteiger partial charge in [0.1, 0.15) is 0 Å². The number of amides is 1. The third-order valence-corrected chi connectivity index (χ3v) is 2.90. The zero-order valence-electron chi connectivity index (χ0n) is 10.3. The van der Waals surface area contributed by atoms with Crippen molar-refractivity contribution in [3.8, 4) is 0 Å². The molecule has 0 aliphatic heterocycles. The van der Waals surface area contributed by atoms with Crippen LogP contribution < -0.4 is 11.1 Å². The molecule has 1 aromatic carbocycles. The standard InChI is InChI=1S/C13H15ClN4O/c14-10-3-4-12(15)11(9-10)13(19)16-5-1-7-18-8-2-6-17-18/h2-4,6,8-9H,1,5,7,15H2,(H,16,19). The van der Waals surface area contributed by atoms with Crippen molar-refractivity contribution >= 4 is 23.2 Å². The molecule has 0 atom stereocenters. The fourth-order valence-corrected chi connectivity index (χ4v) is 1.87. The van der Waals surface area contributed by atoms with E-state index in [2.05, 4.69) is 10.4 Å². The number of nitrogens with zero attached hydrogens (tertiary/aromatic N) is 2. The van der Waals surface area contributed by atoms with Gasteiger partial charge in [-0.1, -0.05) is 11.6 Å². The van der Waals surface area contributed by atoms with E-state index >= 15 is 0 Å². The van der Waals surface area contributed by atoms with Gasteiger partial charge >= 0.3 is 0 Å². The number of hydrogen-bond donors (Lipinski definition) is 2. The summed E-state index contributed by atoms with van der Waals surface area (Å²) in [4.78, 5) is 11.9. The Balaban J connectivity index is 1.82. The lowest BCUT2D eigenvalue weighted by Gasteiger charge is -2.08. The highest BCUT2D eigenvalue weighted by Gasteiger charge is 2.09. The second kappa shape index (κ2) is 6.24. The Morgan fingerprint density at radius 3 is 3.05 bits per heavy atom. The van der Waals surface area contributed by atoms with Crippen molar-refractivity contribution in [2.45, 2.75) is 13.0 Å². The normalized spacial score (nSPS) is 10.4. The summed E-state index contributed by atoms with van der Waals surface area (Å²) < 4.78 is 1.82. The lowest BCUT2D eigenvalue weighted by Crippen LogP contribution is -2.26. The van der Waals surface area contributed by atoms with Crippen molar-refractivity contribution in [2.75, 3.05) is 12.3 Å². The highest BCUT2D eigenvalue weighted by molar-refractivity contribution is 6.31. The fourth-order valence-electron chi connectivity index (χ4n) is 1.70. The van der Waals surface area contributed by atoms with E-state index in [0.717, 1.165) is 13.0 Å². The highest BCUT2D eigenvalue weighted by atomic mass is 35.5. The molecule has 5 nitrogen and oxygen atoms in total. The maximum atomic E-state index is 11.9. The first-order valence-electron chi connectivity index (χ1n) is 5.97. The highest BCUT2D eigenvalue weighted by Crippen LogP contribution is 2.17. The molecule has 0 aliphatic carbocycles. The molecular weight excluding hydrogens is 264 g/mol. The Hall–Kier alpha value is -2.01. The third-order valence-electron chi connectivity index (χ3n) is 2.67. The van der Waals surface area contributed by atoms with Crippen LogP contribution in [0.1, 0.15) is 16.8 Å². The lowest BCUT2D eigenvalue weighted by molar-refractivity contribution is 0.0953. The van der Waals surface area contributed by atoms with Crippen molar-refractivity contribution in [1.82, 2.24) is 15.1 Å². The van der Waals surface area contributed by atoms with Crippen LogP contribution in [0.5, 0.6) is 0 Å². The van der Waals surface area contributed by atoms with E-state index in [1.54, 1.807) is 24.4 Å². The zero-order chi connectivity index (χ0) is 13.7. The predicted molar refractivity (Wildman–Crippen MR) is 75.0 cm³/mol. The molecule has 2 rings (SSSR count). The van der Waals surface area contributed by atoms with E-state index in [-0.39, 0.29) is 5.91 Å². The minimum Gasteiger partial charge on any atom is -0.398 e. The zero-order valence-corrected chi connectivity index (χ0v) is 11.1. The molecule has 0 saturated carbocycles. The molecule has 0 radical (unpaired) electrons. The average molecular weight is 279 g/mol. The number of halogens is 1. The topological polar surface area (TPSA) is 72.9 Å². The Morgan fingerprint density at radius 1 is 1.47 bits per heavy atom. The number of carbonyl (C=O) groups is 1. The molecule has 0 spiro atoms. The summed E-state index contributed by atoms with van der Waals surface area (Å²) in [6.45, 7) is 1.32. The van der Waals surface area contributed by atoms with Crippen molar-refractivity contribution in [3.05, 3.63) is 47.2 Å². The molecule has 100 valence electrons. The molecule has 1 amide bonds. The van der Waals surface area contributed by atoms with Gasteiger partial charge < -0.3 is 11.1 Å². The molecule has 6 heteroatoms. The number of nitrogens with one attached hydrogen (secondary N) is 1. The van der Waals surface area contributed by atoms with Gasteiger partial charge in [0.05, 0.1) is 5.56 Å². The minimum absolute atomic E-state index is 0.208. The smallest absolute Gasteiger partial charge is 0.253 e. The molecule has 1 aromatic heterocycles. The number of nitrogens with two attached hydrogens (primary N) is 1. The molecule has 0 fully saturated rings. The number of rotatable bonds is 5. The second-order valence-corrected chi connectivity index (χ2v) is 4.55. The quantitative estimate of drug-likeness (QED) is 0.648. The minimum atomic E-state index is -0.208. The van der Waals surface area contributed by atoms with Crippen molar-refractivity contribution < 1.29 is 4.79 Å². The molecule has 1 heterocycles. The number of hydrogen-bond acceptors (Lipinski definition) is 3. The number of aromatic nitrogens is 2. The van der Waals surface area contributed by atoms with Crippen LogP contribution in [0.4, 0.5) is 5.69 Å². The van der Waals surface area contributed by atoms with E-state index < -0.39 is 0 Å². The molecule has 0 aliphatic rings. The van der Waals surface area contributed by atoms with Crippen LogP contribution in [-0.4, -0.2) is 22.2 Å². The van der Waals surface area contributed by atoms with Crippen LogP contribution in [0.2, 0.25) is 5.02 Å². The van der Waals surface area contributed by atoms with Crippen LogP contribution in [-0.2, 0) is 6.54 Å². The molecule has 0 saturated heterocycles. The van der Waals surface area contributed by atoms with E-state index in [9.17, 15) is 4.79 Å². The van der Waals surface area contributed by atoms with E-state index in [1.807, 2.05) is 16.9 Å². The average Bonchev–Trinajstić information content (AvgIpc) is 2.90. The van der Waals surface area contributed by atoms with Gasteiger partial charge in [-0.25, -0.2) is 0 Å². The summed E-state index contributed by atoms with van der Waals surface area (Å²) in [6.07, 6.45) is 4.41. The molecule has 2 aromatic rings. The molecular formula is C13H15ClN4O. The van der Waals surface area contributed by atoms with Crippen molar-refractivity contribution in [3.63, 3.8) is 0 Å². The Kier molecular flexibility index (Phi) is 4.41. The number of anilines is 1. The first kappa shape index (κ1) is 13.4. The molecule has 0 unspecified atom stereocenters.